The lowest BCUT2D eigenvalue weighted by atomic mass is 9.70. The van der Waals surface area contributed by atoms with E-state index in [1.807, 2.05) is 105 Å². The van der Waals surface area contributed by atoms with Gasteiger partial charge in [-0.15, -0.1) is 0 Å². The molecule has 2 unspecified atom stereocenters. The Morgan fingerprint density at radius 1 is 0.807 bits per heavy atom. The van der Waals surface area contributed by atoms with Gasteiger partial charge in [-0.3, -0.25) is 4.79 Å². The Labute approximate surface area is 344 Å². The molecule has 9 heteroatoms. The third-order valence-electron chi connectivity index (χ3n) is 12.7. The highest BCUT2D eigenvalue weighted by molar-refractivity contribution is 6.30. The Morgan fingerprint density at radius 3 is 1.79 bits per heavy atom. The lowest BCUT2D eigenvalue weighted by Crippen LogP contribution is -2.48. The first kappa shape index (κ1) is 42.6. The monoisotopic (exact) mass is 794 g/mol. The topological polar surface area (TPSA) is 90.3 Å². The molecule has 3 aliphatic rings. The molecule has 0 radical (unpaired) electrons. The van der Waals surface area contributed by atoms with Gasteiger partial charge in [-0.05, 0) is 73.0 Å². The van der Waals surface area contributed by atoms with E-state index in [2.05, 4.69) is 43.3 Å². The number of esters is 1. The summed E-state index contributed by atoms with van der Waals surface area (Å²) in [7, 11) is 7.95. The fraction of sp³-hybridized carbons (Fsp3) is 0.458. The Hall–Kier alpha value is -4.05. The van der Waals surface area contributed by atoms with E-state index in [-0.39, 0.29) is 17.9 Å². The van der Waals surface area contributed by atoms with Crippen molar-refractivity contribution in [1.29, 1.82) is 0 Å². The van der Waals surface area contributed by atoms with Gasteiger partial charge in [0.1, 0.15) is 12.0 Å². The highest BCUT2D eigenvalue weighted by Gasteiger charge is 2.49. The molecule has 4 aromatic carbocycles. The molecule has 2 N–H and O–H groups in total. The van der Waals surface area contributed by atoms with Crippen LogP contribution in [0.1, 0.15) is 73.6 Å². The van der Waals surface area contributed by atoms with E-state index in [0.717, 1.165) is 86.0 Å². The molecule has 1 amide bonds. The summed E-state index contributed by atoms with van der Waals surface area (Å²) in [4.78, 5) is 30.8. The molecule has 7 rings (SSSR count). The van der Waals surface area contributed by atoms with E-state index < -0.39 is 22.6 Å². The molecule has 3 fully saturated rings. The fourth-order valence-corrected chi connectivity index (χ4v) is 9.40. The molecule has 1 saturated carbocycles. The van der Waals surface area contributed by atoms with Crippen LogP contribution in [0, 0.1) is 5.92 Å². The number of rotatable bonds is 11. The minimum absolute atomic E-state index is 0.0405. The summed E-state index contributed by atoms with van der Waals surface area (Å²) in [6.45, 7) is 4.14. The summed E-state index contributed by atoms with van der Waals surface area (Å²) in [5.74, 6) is -0.414. The van der Waals surface area contributed by atoms with Crippen LogP contribution in [0.5, 0.6) is 0 Å². The van der Waals surface area contributed by atoms with Crippen molar-refractivity contribution in [1.82, 2.24) is 9.80 Å². The van der Waals surface area contributed by atoms with Crippen LogP contribution in [0.4, 0.5) is 0 Å². The number of likely N-dealkylation sites (N-methyl/N-ethyl adjacent to an activating group) is 2. The summed E-state index contributed by atoms with van der Waals surface area (Å²) in [6, 6.07) is 37.1. The van der Waals surface area contributed by atoms with Crippen molar-refractivity contribution in [2.75, 3.05) is 60.9 Å². The van der Waals surface area contributed by atoms with Gasteiger partial charge < -0.3 is 29.2 Å². The third-order valence-corrected chi connectivity index (χ3v) is 12.9. The number of amides is 1. The number of quaternary nitrogens is 1. The second-order valence-electron chi connectivity index (χ2n) is 17.2. The maximum Gasteiger partial charge on any atom is 0.343 e. The van der Waals surface area contributed by atoms with Gasteiger partial charge in [0.25, 0.3) is 0 Å². The normalized spacial score (nSPS) is 20.5. The number of carbonyl (C=O) groups is 2. The number of ether oxygens (including phenoxy) is 1. The van der Waals surface area contributed by atoms with Gasteiger partial charge in [0.15, 0.2) is 11.7 Å². The molecule has 57 heavy (non-hydrogen) atoms. The van der Waals surface area contributed by atoms with Crippen molar-refractivity contribution in [3.05, 3.63) is 143 Å². The maximum atomic E-state index is 13.8. The quantitative estimate of drug-likeness (QED) is 0.121. The summed E-state index contributed by atoms with van der Waals surface area (Å²) in [6.07, 6.45) is 6.65. The zero-order chi connectivity index (χ0) is 40.7. The number of piperidine rings is 1. The van der Waals surface area contributed by atoms with Gasteiger partial charge in [0.05, 0.1) is 26.2 Å². The van der Waals surface area contributed by atoms with E-state index >= 15 is 0 Å². The predicted octanol–water partition coefficient (Wildman–Crippen LogP) is 7.54. The van der Waals surface area contributed by atoms with E-state index in [9.17, 15) is 19.8 Å². The molecular weight excluding hydrogens is 734 g/mol. The van der Waals surface area contributed by atoms with Crippen molar-refractivity contribution in [3.8, 4) is 0 Å². The minimum atomic E-state index is -1.50. The van der Waals surface area contributed by atoms with Crippen molar-refractivity contribution >= 4 is 23.5 Å². The third kappa shape index (κ3) is 9.64. The molecule has 2 atom stereocenters. The van der Waals surface area contributed by atoms with Crippen molar-refractivity contribution in [2.24, 2.45) is 5.92 Å². The summed E-state index contributed by atoms with van der Waals surface area (Å²) in [5, 5.41) is 23.3. The summed E-state index contributed by atoms with van der Waals surface area (Å²) in [5.41, 5.74) is 0.499. The van der Waals surface area contributed by atoms with Crippen LogP contribution in [0.3, 0.4) is 0 Å². The Kier molecular flexibility index (Phi) is 13.6. The molecule has 2 aliphatic heterocycles. The highest BCUT2D eigenvalue weighted by atomic mass is 35.5. The van der Waals surface area contributed by atoms with E-state index in [0.29, 0.717) is 29.8 Å². The van der Waals surface area contributed by atoms with Crippen LogP contribution >= 0.6 is 11.6 Å². The molecule has 2 heterocycles. The van der Waals surface area contributed by atoms with Crippen LogP contribution < -0.4 is 0 Å². The Morgan fingerprint density at radius 2 is 1.32 bits per heavy atom. The fourth-order valence-electron chi connectivity index (χ4n) is 9.28. The lowest BCUT2D eigenvalue weighted by Gasteiger charge is -2.41. The molecule has 0 spiro atoms. The number of benzene rings is 4. The maximum absolute atomic E-state index is 13.8. The minimum Gasteiger partial charge on any atom is -0.454 e. The van der Waals surface area contributed by atoms with Gasteiger partial charge in [0, 0.05) is 44.5 Å². The number of carbonyl (C=O) groups excluding carboxylic acids is 2. The predicted molar refractivity (Wildman–Crippen MR) is 227 cm³/mol. The second-order valence-corrected chi connectivity index (χ2v) is 17.7. The van der Waals surface area contributed by atoms with Crippen LogP contribution in [-0.4, -0.2) is 103 Å². The zero-order valence-electron chi connectivity index (χ0n) is 34.2. The van der Waals surface area contributed by atoms with E-state index in [1.54, 1.807) is 4.90 Å². The van der Waals surface area contributed by atoms with Crippen LogP contribution in [0.15, 0.2) is 115 Å². The smallest absolute Gasteiger partial charge is 0.343 e. The van der Waals surface area contributed by atoms with Crippen LogP contribution in [-0.2, 0) is 30.9 Å². The first-order valence-corrected chi connectivity index (χ1v) is 21.0. The number of aliphatic hydroxyl groups is 2. The van der Waals surface area contributed by atoms with E-state index in [1.165, 1.54) is 0 Å². The summed E-state index contributed by atoms with van der Waals surface area (Å²) < 4.78 is 6.64. The Balaban J connectivity index is 0.000000208. The SMILES string of the molecule is CN(C)C(=O)C(CCN1CCC(O)(c2ccc(Cl)cc2)CC1)(c1ccccc1)c1ccccc1.C[N+]1(C)CCC(OC(=O)C(O)(c2ccccc2)C2CCCC2)C1. The van der Waals surface area contributed by atoms with Gasteiger partial charge in [0.2, 0.25) is 5.91 Å². The number of hydrogen-bond donors (Lipinski definition) is 2. The van der Waals surface area contributed by atoms with Crippen molar-refractivity contribution in [3.63, 3.8) is 0 Å². The molecule has 1 aliphatic carbocycles. The molecule has 304 valence electrons. The van der Waals surface area contributed by atoms with Crippen LogP contribution in [0.2, 0.25) is 5.02 Å². The largest absolute Gasteiger partial charge is 0.454 e. The molecule has 0 aromatic heterocycles. The highest BCUT2D eigenvalue weighted by Crippen LogP contribution is 2.43. The first-order valence-electron chi connectivity index (χ1n) is 20.6. The first-order chi connectivity index (χ1) is 27.3. The number of hydrogen-bond acceptors (Lipinski definition) is 6. The van der Waals surface area contributed by atoms with Gasteiger partial charge in [-0.25, -0.2) is 4.79 Å². The standard InChI is InChI=1S/C29H33ClN2O2.C19H28NO3/c1-31(2)27(33)29(24-9-5-3-6-10-24,25-11-7-4-8-12-25)19-22-32-20-17-28(34,18-21-32)23-13-15-26(30)16-14-23;1-20(2)13-12-17(14-20)23-18(21)19(22,16-10-6-7-11-16)15-8-4-3-5-9-15/h3-16,34H,17-22H2,1-2H3;3-5,8-9,16-17,22H,6-7,10-14H2,1-2H3/q;+1. The lowest BCUT2D eigenvalue weighted by molar-refractivity contribution is -0.879. The van der Waals surface area contributed by atoms with Gasteiger partial charge >= 0.3 is 5.97 Å². The van der Waals surface area contributed by atoms with Gasteiger partial charge in [-0.1, -0.05) is 128 Å². The number of nitrogens with zero attached hydrogens (tertiary/aromatic N) is 3. The van der Waals surface area contributed by atoms with Crippen molar-refractivity contribution in [2.45, 2.75) is 74.1 Å². The summed E-state index contributed by atoms with van der Waals surface area (Å²) >= 11 is 6.03. The Bertz CT molecular complexity index is 1850. The number of halogens is 1. The molecule has 0 bridgehead atoms. The molecule has 2 saturated heterocycles. The number of likely N-dealkylation sites (tertiary alicyclic amines) is 2. The average molecular weight is 795 g/mol. The van der Waals surface area contributed by atoms with Gasteiger partial charge in [-0.2, -0.15) is 0 Å². The van der Waals surface area contributed by atoms with E-state index in [4.69, 9.17) is 16.3 Å². The average Bonchev–Trinajstić information content (AvgIpc) is 3.90. The molecule has 8 nitrogen and oxygen atoms in total. The van der Waals surface area contributed by atoms with Crippen molar-refractivity contribution < 1.29 is 29.0 Å². The second kappa shape index (κ2) is 18.3. The van der Waals surface area contributed by atoms with Crippen LogP contribution in [0.25, 0.3) is 0 Å². The zero-order valence-corrected chi connectivity index (χ0v) is 34.9. The molecule has 4 aromatic rings. The molecular formula is C48H61ClN3O5+.